The van der Waals surface area contributed by atoms with Crippen LogP contribution in [0.25, 0.3) is 6.08 Å². The van der Waals surface area contributed by atoms with Gasteiger partial charge in [-0.2, -0.15) is 0 Å². The quantitative estimate of drug-likeness (QED) is 0.653. The van der Waals surface area contributed by atoms with Crippen LogP contribution in [0.15, 0.2) is 30.3 Å². The van der Waals surface area contributed by atoms with E-state index in [9.17, 15) is 0 Å². The lowest BCUT2D eigenvalue weighted by Crippen LogP contribution is -2.31. The Hall–Kier alpha value is -1.04. The summed E-state index contributed by atoms with van der Waals surface area (Å²) in [6.45, 7) is 7.27. The van der Waals surface area contributed by atoms with Crippen LogP contribution in [-0.2, 0) is 0 Å². The van der Waals surface area contributed by atoms with E-state index < -0.39 is 0 Å². The summed E-state index contributed by atoms with van der Waals surface area (Å²) in [5, 5.41) is 0. The summed E-state index contributed by atoms with van der Waals surface area (Å²) < 4.78 is 0. The van der Waals surface area contributed by atoms with Crippen LogP contribution in [0.1, 0.15) is 57.1 Å². The molecule has 0 amide bonds. The molecule has 1 aromatic rings. The predicted octanol–water partition coefficient (Wildman–Crippen LogP) is 5.51. The van der Waals surface area contributed by atoms with Crippen molar-refractivity contribution < 1.29 is 0 Å². The first kappa shape index (κ1) is 13.0. The lowest BCUT2D eigenvalue weighted by atomic mass is 9.64. The molecular formula is C19H26. The van der Waals surface area contributed by atoms with Crippen LogP contribution < -0.4 is 0 Å². The molecule has 1 aromatic carbocycles. The van der Waals surface area contributed by atoms with Crippen molar-refractivity contribution in [3.05, 3.63) is 41.5 Å². The van der Waals surface area contributed by atoms with Gasteiger partial charge in [0.2, 0.25) is 0 Å². The molecule has 0 nitrogen and oxygen atoms in total. The van der Waals surface area contributed by atoms with Crippen LogP contribution in [-0.4, -0.2) is 0 Å². The summed E-state index contributed by atoms with van der Waals surface area (Å²) in [5.74, 6) is 4.15. The van der Waals surface area contributed by atoms with E-state index in [0.717, 1.165) is 23.7 Å². The lowest BCUT2D eigenvalue weighted by molar-refractivity contribution is 0.133. The highest BCUT2D eigenvalue weighted by Gasteiger charge is 2.37. The largest absolute Gasteiger partial charge is 0.0761 e. The highest BCUT2D eigenvalue weighted by molar-refractivity contribution is 5.62. The Morgan fingerprint density at radius 3 is 2.68 bits per heavy atom. The number of benzene rings is 1. The van der Waals surface area contributed by atoms with Gasteiger partial charge in [0.15, 0.2) is 0 Å². The Morgan fingerprint density at radius 1 is 1.11 bits per heavy atom. The SMILES string of the molecule is CC(C)[C@@H]1CC[C@@H](C)C[C@H]1[C@@H]1C=Cc2ccccc21. The third-order valence-electron chi connectivity index (χ3n) is 5.37. The fourth-order valence-corrected chi connectivity index (χ4v) is 4.34. The van der Waals surface area contributed by atoms with Crippen molar-refractivity contribution in [2.45, 2.75) is 46.0 Å². The second kappa shape index (κ2) is 5.15. The van der Waals surface area contributed by atoms with Gasteiger partial charge in [0.1, 0.15) is 0 Å². The van der Waals surface area contributed by atoms with Crippen LogP contribution in [0.2, 0.25) is 0 Å². The van der Waals surface area contributed by atoms with E-state index in [4.69, 9.17) is 0 Å². The van der Waals surface area contributed by atoms with Crippen LogP contribution in [0.3, 0.4) is 0 Å². The van der Waals surface area contributed by atoms with E-state index in [0.29, 0.717) is 5.92 Å². The maximum Gasteiger partial charge on any atom is 0.00583 e. The molecule has 0 aliphatic heterocycles. The van der Waals surface area contributed by atoms with Crippen LogP contribution in [0.4, 0.5) is 0 Å². The molecule has 2 aliphatic rings. The van der Waals surface area contributed by atoms with E-state index >= 15 is 0 Å². The van der Waals surface area contributed by atoms with Gasteiger partial charge in [-0.1, -0.05) is 63.6 Å². The molecule has 3 rings (SSSR count). The topological polar surface area (TPSA) is 0 Å². The highest BCUT2D eigenvalue weighted by atomic mass is 14.4. The van der Waals surface area contributed by atoms with Gasteiger partial charge in [-0.05, 0) is 47.6 Å². The zero-order valence-electron chi connectivity index (χ0n) is 12.5. The Labute approximate surface area is 117 Å². The fourth-order valence-electron chi connectivity index (χ4n) is 4.34. The maximum atomic E-state index is 2.47. The molecule has 0 aromatic heterocycles. The highest BCUT2D eigenvalue weighted by Crippen LogP contribution is 2.48. The van der Waals surface area contributed by atoms with Crippen LogP contribution >= 0.6 is 0 Å². The maximum absolute atomic E-state index is 2.47. The second-order valence-corrected chi connectivity index (χ2v) is 7.00. The molecule has 102 valence electrons. The molecule has 19 heavy (non-hydrogen) atoms. The van der Waals surface area contributed by atoms with E-state index in [1.807, 2.05) is 0 Å². The van der Waals surface area contributed by atoms with E-state index in [-0.39, 0.29) is 0 Å². The molecule has 2 aliphatic carbocycles. The number of rotatable bonds is 2. The Bertz CT molecular complexity index is 469. The average Bonchev–Trinajstić information content (AvgIpc) is 2.82. The molecule has 0 N–H and O–H groups in total. The van der Waals surface area contributed by atoms with Crippen molar-refractivity contribution in [2.75, 3.05) is 0 Å². The van der Waals surface area contributed by atoms with Gasteiger partial charge < -0.3 is 0 Å². The molecule has 0 radical (unpaired) electrons. The molecule has 1 fully saturated rings. The summed E-state index contributed by atoms with van der Waals surface area (Å²) in [6.07, 6.45) is 9.08. The Kier molecular flexibility index (Phi) is 3.52. The molecule has 0 spiro atoms. The molecular weight excluding hydrogens is 228 g/mol. The third-order valence-corrected chi connectivity index (χ3v) is 5.37. The Balaban J connectivity index is 1.90. The zero-order valence-corrected chi connectivity index (χ0v) is 12.5. The van der Waals surface area contributed by atoms with Crippen molar-refractivity contribution in [3.63, 3.8) is 0 Å². The van der Waals surface area contributed by atoms with Gasteiger partial charge in [0.05, 0.1) is 0 Å². The number of hydrogen-bond acceptors (Lipinski definition) is 0. The van der Waals surface area contributed by atoms with Crippen molar-refractivity contribution >= 4 is 6.08 Å². The first-order valence-corrected chi connectivity index (χ1v) is 7.94. The minimum Gasteiger partial charge on any atom is -0.0761 e. The van der Waals surface area contributed by atoms with Crippen molar-refractivity contribution in [3.8, 4) is 0 Å². The summed E-state index contributed by atoms with van der Waals surface area (Å²) in [7, 11) is 0. The third kappa shape index (κ3) is 2.38. The van der Waals surface area contributed by atoms with E-state index in [1.165, 1.54) is 24.8 Å². The lowest BCUT2D eigenvalue weighted by Gasteiger charge is -2.40. The minimum absolute atomic E-state index is 0.673. The van der Waals surface area contributed by atoms with Gasteiger partial charge in [0, 0.05) is 5.92 Å². The molecule has 1 saturated carbocycles. The van der Waals surface area contributed by atoms with Crippen molar-refractivity contribution in [1.82, 2.24) is 0 Å². The summed E-state index contributed by atoms with van der Waals surface area (Å²) in [6, 6.07) is 8.98. The Morgan fingerprint density at radius 2 is 1.89 bits per heavy atom. The van der Waals surface area contributed by atoms with Crippen molar-refractivity contribution in [2.24, 2.45) is 23.7 Å². The van der Waals surface area contributed by atoms with Crippen molar-refractivity contribution in [1.29, 1.82) is 0 Å². The predicted molar refractivity (Wildman–Crippen MR) is 83.1 cm³/mol. The summed E-state index contributed by atoms with van der Waals surface area (Å²) in [5.41, 5.74) is 3.03. The first-order valence-electron chi connectivity index (χ1n) is 7.94. The van der Waals surface area contributed by atoms with Gasteiger partial charge in [-0.25, -0.2) is 0 Å². The van der Waals surface area contributed by atoms with Gasteiger partial charge in [-0.3, -0.25) is 0 Å². The molecule has 0 heterocycles. The molecule has 0 bridgehead atoms. The van der Waals surface area contributed by atoms with Gasteiger partial charge in [-0.15, -0.1) is 0 Å². The van der Waals surface area contributed by atoms with Gasteiger partial charge >= 0.3 is 0 Å². The number of fused-ring (bicyclic) bond motifs is 1. The molecule has 0 saturated heterocycles. The summed E-state index contributed by atoms with van der Waals surface area (Å²) >= 11 is 0. The molecule has 0 heteroatoms. The average molecular weight is 254 g/mol. The second-order valence-electron chi connectivity index (χ2n) is 7.00. The van der Waals surface area contributed by atoms with E-state index in [1.54, 1.807) is 5.56 Å². The summed E-state index contributed by atoms with van der Waals surface area (Å²) in [4.78, 5) is 0. The van der Waals surface area contributed by atoms with Crippen LogP contribution in [0.5, 0.6) is 0 Å². The zero-order chi connectivity index (χ0) is 13.4. The monoisotopic (exact) mass is 254 g/mol. The van der Waals surface area contributed by atoms with Crippen LogP contribution in [0, 0.1) is 23.7 Å². The molecule has 4 atom stereocenters. The fraction of sp³-hybridized carbons (Fsp3) is 0.579. The standard InChI is InChI=1S/C19H26/c1-13(2)16-10-8-14(3)12-19(16)18-11-9-15-6-4-5-7-17(15)18/h4-7,9,11,13-14,16,18-19H,8,10,12H2,1-3H3/t14-,16+,18-,19-/m1/s1. The number of allylic oxidation sites excluding steroid dienone is 1. The van der Waals surface area contributed by atoms with Gasteiger partial charge in [0.25, 0.3) is 0 Å². The first-order chi connectivity index (χ1) is 9.16. The minimum atomic E-state index is 0.673. The molecule has 0 unspecified atom stereocenters. The normalized spacial score (nSPS) is 33.7. The van der Waals surface area contributed by atoms with E-state index in [2.05, 4.69) is 57.2 Å². The number of hydrogen-bond donors (Lipinski definition) is 0. The smallest absolute Gasteiger partial charge is 0.00583 e.